The number of rotatable bonds is 5. The Hall–Kier alpha value is -1.22. The van der Waals surface area contributed by atoms with E-state index in [1.807, 2.05) is 31.2 Å². The lowest BCUT2D eigenvalue weighted by Crippen LogP contribution is -2.51. The highest BCUT2D eigenvalue weighted by Gasteiger charge is 2.43. The number of para-hydroxylation sites is 1. The van der Waals surface area contributed by atoms with Crippen LogP contribution < -0.4 is 5.32 Å². The van der Waals surface area contributed by atoms with Gasteiger partial charge in [-0.25, -0.2) is 4.79 Å². The summed E-state index contributed by atoms with van der Waals surface area (Å²) in [6, 6.07) is 7.56. The van der Waals surface area contributed by atoms with Crippen LogP contribution in [0.3, 0.4) is 0 Å². The van der Waals surface area contributed by atoms with Crippen LogP contribution in [0, 0.1) is 5.92 Å². The van der Waals surface area contributed by atoms with Crippen molar-refractivity contribution in [3.05, 3.63) is 29.3 Å². The molecule has 1 aliphatic rings. The molecule has 2 rings (SSSR count). The molecule has 0 bridgehead atoms. The molecule has 116 valence electrons. The van der Waals surface area contributed by atoms with Crippen molar-refractivity contribution >= 4 is 23.3 Å². The lowest BCUT2D eigenvalue weighted by Gasteiger charge is -2.40. The summed E-state index contributed by atoms with van der Waals surface area (Å²) in [5, 5.41) is 4.04. The Bertz CT molecular complexity index is 491. The summed E-state index contributed by atoms with van der Waals surface area (Å²) >= 11 is 6.24. The standard InChI is InChI=1S/C17H24ClNO2/c1-3-13-8-7-11-17(12-13,16(20)21-4-2)19-15-10-6-5-9-14(15)18/h5-6,9-10,13,19H,3-4,7-8,11-12H2,1-2H3. The van der Waals surface area contributed by atoms with Crippen molar-refractivity contribution in [2.75, 3.05) is 11.9 Å². The molecule has 2 unspecified atom stereocenters. The summed E-state index contributed by atoms with van der Waals surface area (Å²) in [5.41, 5.74) is 0.170. The fraction of sp³-hybridized carbons (Fsp3) is 0.588. The van der Waals surface area contributed by atoms with Gasteiger partial charge in [-0.3, -0.25) is 0 Å². The predicted molar refractivity (Wildman–Crippen MR) is 86.7 cm³/mol. The first-order chi connectivity index (χ1) is 10.1. The smallest absolute Gasteiger partial charge is 0.331 e. The molecule has 1 fully saturated rings. The van der Waals surface area contributed by atoms with Gasteiger partial charge >= 0.3 is 5.97 Å². The number of ether oxygens (including phenoxy) is 1. The van der Waals surface area contributed by atoms with E-state index in [1.54, 1.807) is 0 Å². The maximum atomic E-state index is 12.6. The number of carbonyl (C=O) groups is 1. The van der Waals surface area contributed by atoms with E-state index in [2.05, 4.69) is 12.2 Å². The van der Waals surface area contributed by atoms with Gasteiger partial charge in [0.1, 0.15) is 5.54 Å². The number of hydrogen-bond acceptors (Lipinski definition) is 3. The van der Waals surface area contributed by atoms with E-state index in [4.69, 9.17) is 16.3 Å². The van der Waals surface area contributed by atoms with E-state index in [9.17, 15) is 4.79 Å². The van der Waals surface area contributed by atoms with Crippen molar-refractivity contribution in [1.82, 2.24) is 0 Å². The van der Waals surface area contributed by atoms with E-state index in [0.29, 0.717) is 17.5 Å². The van der Waals surface area contributed by atoms with Crippen molar-refractivity contribution in [2.45, 2.75) is 51.5 Å². The topological polar surface area (TPSA) is 38.3 Å². The second kappa shape index (κ2) is 7.17. The van der Waals surface area contributed by atoms with Gasteiger partial charge in [-0.05, 0) is 37.8 Å². The highest BCUT2D eigenvalue weighted by atomic mass is 35.5. The van der Waals surface area contributed by atoms with Gasteiger partial charge in [-0.2, -0.15) is 0 Å². The number of halogens is 1. The molecule has 21 heavy (non-hydrogen) atoms. The zero-order valence-electron chi connectivity index (χ0n) is 12.8. The second-order valence-corrected chi connectivity index (χ2v) is 6.19. The van der Waals surface area contributed by atoms with Crippen LogP contribution in [0.25, 0.3) is 0 Å². The minimum absolute atomic E-state index is 0.150. The fourth-order valence-electron chi connectivity index (χ4n) is 3.18. The highest BCUT2D eigenvalue weighted by molar-refractivity contribution is 6.33. The van der Waals surface area contributed by atoms with Gasteiger partial charge in [-0.1, -0.05) is 49.9 Å². The maximum absolute atomic E-state index is 12.6. The third-order valence-electron chi connectivity index (χ3n) is 4.34. The molecule has 0 aliphatic heterocycles. The summed E-state index contributed by atoms with van der Waals surface area (Å²) in [6.45, 7) is 4.43. The Labute approximate surface area is 132 Å². The van der Waals surface area contributed by atoms with Crippen LogP contribution in [0.1, 0.15) is 46.0 Å². The van der Waals surface area contributed by atoms with E-state index < -0.39 is 5.54 Å². The lowest BCUT2D eigenvalue weighted by molar-refractivity contribution is -0.150. The molecule has 1 aromatic rings. The Morgan fingerprint density at radius 2 is 2.19 bits per heavy atom. The summed E-state index contributed by atoms with van der Waals surface area (Å²) in [4.78, 5) is 12.6. The molecule has 0 aromatic heterocycles. The molecule has 1 saturated carbocycles. The molecule has 2 atom stereocenters. The summed E-state index contributed by atoms with van der Waals surface area (Å²) < 4.78 is 5.35. The summed E-state index contributed by atoms with van der Waals surface area (Å²) in [5.74, 6) is 0.404. The number of anilines is 1. The van der Waals surface area contributed by atoms with Crippen molar-refractivity contribution < 1.29 is 9.53 Å². The van der Waals surface area contributed by atoms with Gasteiger partial charge < -0.3 is 10.1 Å². The van der Waals surface area contributed by atoms with Crippen molar-refractivity contribution in [1.29, 1.82) is 0 Å². The van der Waals surface area contributed by atoms with Crippen LogP contribution in [0.5, 0.6) is 0 Å². The number of carbonyl (C=O) groups excluding carboxylic acids is 1. The van der Waals surface area contributed by atoms with Crippen LogP contribution in [-0.2, 0) is 9.53 Å². The van der Waals surface area contributed by atoms with Crippen molar-refractivity contribution in [2.24, 2.45) is 5.92 Å². The monoisotopic (exact) mass is 309 g/mol. The van der Waals surface area contributed by atoms with Gasteiger partial charge in [0, 0.05) is 0 Å². The average molecular weight is 310 g/mol. The number of esters is 1. The van der Waals surface area contributed by atoms with Crippen LogP contribution in [0.15, 0.2) is 24.3 Å². The molecule has 1 aromatic carbocycles. The van der Waals surface area contributed by atoms with E-state index in [1.165, 1.54) is 6.42 Å². The molecule has 0 saturated heterocycles. The Kier molecular flexibility index (Phi) is 5.51. The largest absolute Gasteiger partial charge is 0.464 e. The van der Waals surface area contributed by atoms with Gasteiger partial charge in [-0.15, -0.1) is 0 Å². The van der Waals surface area contributed by atoms with Gasteiger partial charge in [0.25, 0.3) is 0 Å². The lowest BCUT2D eigenvalue weighted by atomic mass is 9.74. The zero-order valence-corrected chi connectivity index (χ0v) is 13.6. The minimum atomic E-state index is -0.639. The molecule has 1 aliphatic carbocycles. The normalized spacial score (nSPS) is 25.4. The summed E-state index contributed by atoms with van der Waals surface area (Å²) in [7, 11) is 0. The molecule has 0 heterocycles. The van der Waals surface area contributed by atoms with E-state index in [0.717, 1.165) is 31.4 Å². The van der Waals surface area contributed by atoms with Crippen LogP contribution in [-0.4, -0.2) is 18.1 Å². The minimum Gasteiger partial charge on any atom is -0.464 e. The maximum Gasteiger partial charge on any atom is 0.331 e. The molecular formula is C17H24ClNO2. The Morgan fingerprint density at radius 3 is 2.86 bits per heavy atom. The first-order valence-corrected chi connectivity index (χ1v) is 8.19. The molecule has 0 amide bonds. The Balaban J connectivity index is 2.27. The number of hydrogen-bond donors (Lipinski definition) is 1. The molecule has 0 radical (unpaired) electrons. The first kappa shape index (κ1) is 16.2. The third-order valence-corrected chi connectivity index (χ3v) is 4.67. The fourth-order valence-corrected chi connectivity index (χ4v) is 3.36. The Morgan fingerprint density at radius 1 is 1.43 bits per heavy atom. The van der Waals surface area contributed by atoms with Crippen LogP contribution >= 0.6 is 11.6 Å². The van der Waals surface area contributed by atoms with Gasteiger partial charge in [0.05, 0.1) is 17.3 Å². The van der Waals surface area contributed by atoms with Crippen LogP contribution in [0.2, 0.25) is 5.02 Å². The predicted octanol–water partition coefficient (Wildman–Crippen LogP) is 4.65. The highest BCUT2D eigenvalue weighted by Crippen LogP contribution is 2.38. The van der Waals surface area contributed by atoms with Gasteiger partial charge in [0.2, 0.25) is 0 Å². The average Bonchev–Trinajstić information content (AvgIpc) is 2.50. The van der Waals surface area contributed by atoms with Crippen LogP contribution in [0.4, 0.5) is 5.69 Å². The summed E-state index contributed by atoms with van der Waals surface area (Å²) in [6.07, 6.45) is 4.92. The van der Waals surface area contributed by atoms with Crippen molar-refractivity contribution in [3.8, 4) is 0 Å². The third kappa shape index (κ3) is 3.70. The zero-order chi connectivity index (χ0) is 15.3. The molecule has 4 heteroatoms. The molecule has 0 spiro atoms. The number of benzene rings is 1. The van der Waals surface area contributed by atoms with Gasteiger partial charge in [0.15, 0.2) is 0 Å². The van der Waals surface area contributed by atoms with Crippen molar-refractivity contribution in [3.63, 3.8) is 0 Å². The molecular weight excluding hydrogens is 286 g/mol. The SMILES string of the molecule is CCOC(=O)C1(Nc2ccccc2Cl)CCCC(CC)C1. The van der Waals surface area contributed by atoms with E-state index >= 15 is 0 Å². The second-order valence-electron chi connectivity index (χ2n) is 5.78. The number of nitrogens with one attached hydrogen (secondary N) is 1. The first-order valence-electron chi connectivity index (χ1n) is 7.81. The van der Waals surface area contributed by atoms with E-state index in [-0.39, 0.29) is 5.97 Å². The quantitative estimate of drug-likeness (QED) is 0.804. The molecule has 1 N–H and O–H groups in total. The molecule has 3 nitrogen and oxygen atoms in total.